The summed E-state index contributed by atoms with van der Waals surface area (Å²) in [6, 6.07) is 10.5. The zero-order chi connectivity index (χ0) is 25.4. The number of ether oxygens (including phenoxy) is 7. The topological polar surface area (TPSA) is 132 Å². The first kappa shape index (κ1) is 23.5. The van der Waals surface area contributed by atoms with E-state index < -0.39 is 0 Å². The molecule has 0 aliphatic carbocycles. The third kappa shape index (κ3) is 4.65. The maximum Gasteiger partial charge on any atom is 0.341 e. The number of aromatic nitrogens is 4. The van der Waals surface area contributed by atoms with Gasteiger partial charge in [0, 0.05) is 30.0 Å². The fourth-order valence-corrected chi connectivity index (χ4v) is 4.80. The first-order valence-electron chi connectivity index (χ1n) is 11.5. The predicted molar refractivity (Wildman–Crippen MR) is 132 cm³/mol. The van der Waals surface area contributed by atoms with E-state index in [1.807, 2.05) is 12.1 Å². The quantitative estimate of drug-likeness (QED) is 0.433. The second-order valence-electron chi connectivity index (χ2n) is 8.49. The number of methoxy groups -OCH3 is 2. The lowest BCUT2D eigenvalue weighted by Crippen LogP contribution is -2.45. The van der Waals surface area contributed by atoms with Crippen LogP contribution in [0.25, 0.3) is 0 Å². The first-order valence-corrected chi connectivity index (χ1v) is 11.9. The number of fused-ring (bicyclic) bond motifs is 2. The fraction of sp³-hybridized carbons (Fsp3) is 0.391. The highest BCUT2D eigenvalue weighted by Crippen LogP contribution is 2.38. The van der Waals surface area contributed by atoms with E-state index in [1.54, 1.807) is 43.2 Å². The molecule has 2 N–H and O–H groups in total. The molecule has 3 aliphatic rings. The van der Waals surface area contributed by atoms with Crippen LogP contribution in [0.2, 0.25) is 0 Å². The van der Waals surface area contributed by atoms with Gasteiger partial charge in [0.05, 0.1) is 33.5 Å². The van der Waals surface area contributed by atoms with Crippen LogP contribution in [0.3, 0.4) is 0 Å². The van der Waals surface area contributed by atoms with E-state index >= 15 is 0 Å². The van der Waals surface area contributed by atoms with Crippen LogP contribution in [-0.4, -0.2) is 77.8 Å². The minimum absolute atomic E-state index is 0.169. The molecule has 0 saturated carbocycles. The Morgan fingerprint density at radius 3 is 2.57 bits per heavy atom. The summed E-state index contributed by atoms with van der Waals surface area (Å²) in [5.74, 6) is 3.08. The summed E-state index contributed by atoms with van der Waals surface area (Å²) in [5.41, 5.74) is 0.730. The van der Waals surface area contributed by atoms with Crippen LogP contribution in [0.1, 0.15) is 6.04 Å². The van der Waals surface area contributed by atoms with E-state index in [1.165, 1.54) is 0 Å². The predicted octanol–water partition coefficient (Wildman–Crippen LogP) is 1.91. The van der Waals surface area contributed by atoms with Gasteiger partial charge >= 0.3 is 6.01 Å². The Hall–Kier alpha value is -3.88. The maximum atomic E-state index is 6.09. The first-order chi connectivity index (χ1) is 18.1. The van der Waals surface area contributed by atoms with Crippen molar-refractivity contribution in [3.8, 4) is 34.8 Å². The molecule has 6 rings (SSSR count). The Balaban J connectivity index is 1.10. The average molecular weight is 529 g/mol. The average Bonchev–Trinajstić information content (AvgIpc) is 3.69. The van der Waals surface area contributed by atoms with E-state index in [0.29, 0.717) is 47.1 Å². The van der Waals surface area contributed by atoms with E-state index in [9.17, 15) is 0 Å². The van der Waals surface area contributed by atoms with Crippen molar-refractivity contribution in [3.63, 3.8) is 0 Å². The van der Waals surface area contributed by atoms with Crippen molar-refractivity contribution in [2.75, 3.05) is 39.5 Å². The molecule has 0 spiro atoms. The van der Waals surface area contributed by atoms with Crippen molar-refractivity contribution in [3.05, 3.63) is 36.4 Å². The summed E-state index contributed by atoms with van der Waals surface area (Å²) >= 11 is 5.54. The number of anilines is 1. The molecule has 0 amide bonds. The van der Waals surface area contributed by atoms with Crippen molar-refractivity contribution in [1.82, 2.24) is 25.5 Å². The Kier molecular flexibility index (Phi) is 6.28. The molecule has 0 radical (unpaired) electrons. The molecule has 3 aromatic rings. The van der Waals surface area contributed by atoms with Gasteiger partial charge in [0.15, 0.2) is 16.6 Å². The molecule has 0 unspecified atom stereocenters. The minimum Gasteiger partial charge on any atom is -0.497 e. The van der Waals surface area contributed by atoms with Gasteiger partial charge in [0.1, 0.15) is 35.5 Å². The zero-order valence-corrected chi connectivity index (χ0v) is 20.8. The molecular formula is C23H24N6O7S. The highest BCUT2D eigenvalue weighted by molar-refractivity contribution is 7.80. The Morgan fingerprint density at radius 1 is 0.973 bits per heavy atom. The highest BCUT2D eigenvalue weighted by atomic mass is 32.1. The van der Waals surface area contributed by atoms with Crippen LogP contribution in [0.4, 0.5) is 5.69 Å². The number of hydrogen-bond donors (Lipinski definition) is 2. The molecule has 4 heterocycles. The van der Waals surface area contributed by atoms with Gasteiger partial charge < -0.3 is 43.8 Å². The number of benzene rings is 2. The number of nitrogens with one attached hydrogen (secondary N) is 2. The van der Waals surface area contributed by atoms with E-state index in [0.717, 1.165) is 5.69 Å². The van der Waals surface area contributed by atoms with Crippen molar-refractivity contribution >= 4 is 23.0 Å². The fourth-order valence-electron chi connectivity index (χ4n) is 4.53. The molecule has 2 saturated heterocycles. The van der Waals surface area contributed by atoms with E-state index in [-0.39, 0.29) is 37.1 Å². The largest absolute Gasteiger partial charge is 0.497 e. The van der Waals surface area contributed by atoms with Crippen LogP contribution < -0.4 is 34.3 Å². The van der Waals surface area contributed by atoms with Gasteiger partial charge in [0.25, 0.3) is 0 Å². The van der Waals surface area contributed by atoms with Gasteiger partial charge in [-0.1, -0.05) is 5.10 Å². The summed E-state index contributed by atoms with van der Waals surface area (Å²) < 4.78 is 41.1. The number of hydrogen-bond acceptors (Lipinski definition) is 11. The van der Waals surface area contributed by atoms with Crippen molar-refractivity contribution in [1.29, 1.82) is 0 Å². The number of nitrogens with zero attached hydrogens (tertiary/aromatic N) is 4. The van der Waals surface area contributed by atoms with Crippen LogP contribution in [0.5, 0.6) is 34.8 Å². The van der Waals surface area contributed by atoms with Crippen molar-refractivity contribution in [2.45, 2.75) is 24.3 Å². The molecular weight excluding hydrogens is 504 g/mol. The van der Waals surface area contributed by atoms with E-state index in [4.69, 9.17) is 45.4 Å². The number of tetrazole rings is 1. The third-order valence-corrected chi connectivity index (χ3v) is 6.50. The molecule has 3 aliphatic heterocycles. The molecule has 194 valence electrons. The summed E-state index contributed by atoms with van der Waals surface area (Å²) in [4.78, 5) is 0. The van der Waals surface area contributed by atoms with Gasteiger partial charge in [-0.05, 0) is 34.8 Å². The van der Waals surface area contributed by atoms with Crippen molar-refractivity contribution < 1.29 is 33.2 Å². The Labute approximate surface area is 216 Å². The summed E-state index contributed by atoms with van der Waals surface area (Å²) in [6.45, 7) is 0.928. The van der Waals surface area contributed by atoms with Crippen LogP contribution in [0.15, 0.2) is 36.4 Å². The monoisotopic (exact) mass is 528 g/mol. The van der Waals surface area contributed by atoms with Gasteiger partial charge in [-0.15, -0.1) is 0 Å². The Bertz CT molecular complexity index is 1280. The second-order valence-corrected chi connectivity index (χ2v) is 8.90. The number of rotatable bonds is 7. The molecule has 4 atom stereocenters. The van der Waals surface area contributed by atoms with Gasteiger partial charge in [-0.25, -0.2) is 0 Å². The lowest BCUT2D eigenvalue weighted by atomic mass is 10.1. The van der Waals surface area contributed by atoms with E-state index in [2.05, 4.69) is 26.2 Å². The Morgan fingerprint density at radius 2 is 1.76 bits per heavy atom. The molecule has 1 aromatic heterocycles. The molecule has 2 fully saturated rings. The number of thiocarbonyl (C=S) groups is 1. The summed E-state index contributed by atoms with van der Waals surface area (Å²) in [5, 5.41) is 18.8. The van der Waals surface area contributed by atoms with Crippen LogP contribution in [0, 0.1) is 0 Å². The highest BCUT2D eigenvalue weighted by Gasteiger charge is 2.50. The summed E-state index contributed by atoms with van der Waals surface area (Å²) in [6.07, 6.45) is -0.549. The molecule has 14 heteroatoms. The minimum atomic E-state index is -0.292. The van der Waals surface area contributed by atoms with Gasteiger partial charge in [-0.3, -0.25) is 0 Å². The molecule has 2 aromatic carbocycles. The lowest BCUT2D eigenvalue weighted by Gasteiger charge is -2.20. The van der Waals surface area contributed by atoms with Crippen LogP contribution in [-0.2, 0) is 9.47 Å². The standard InChI is InChI=1S/C23H24N6O7S/c1-30-14-5-12(6-15(7-14)31-2)24-22(37)25-16-9-32-21-17(10-33-20(16)21)29-23(26-27-28-29)36-13-3-4-18-19(8-13)35-11-34-18/h3-8,16-17,20-21H,9-11H2,1-2H3,(H2,24,25,37)/t16-,17-,20+,21+/m0/s1. The zero-order valence-electron chi connectivity index (χ0n) is 19.9. The lowest BCUT2D eigenvalue weighted by molar-refractivity contribution is 0.0615. The molecule has 13 nitrogen and oxygen atoms in total. The smallest absolute Gasteiger partial charge is 0.341 e. The normalized spacial score (nSPS) is 23.4. The molecule has 0 bridgehead atoms. The van der Waals surface area contributed by atoms with Crippen molar-refractivity contribution in [2.24, 2.45) is 0 Å². The third-order valence-electron chi connectivity index (χ3n) is 6.28. The maximum absolute atomic E-state index is 6.09. The van der Waals surface area contributed by atoms with Crippen LogP contribution >= 0.6 is 12.2 Å². The SMILES string of the molecule is COc1cc(NC(=S)N[C@H]2CO[C@H]3[C@@H]2OC[C@@H]3n2nnnc2Oc2ccc3c(c2)OCO3)cc(OC)c1. The molecule has 37 heavy (non-hydrogen) atoms. The van der Waals surface area contributed by atoms with Gasteiger partial charge in [0.2, 0.25) is 6.79 Å². The second kappa shape index (κ2) is 9.88. The van der Waals surface area contributed by atoms with Gasteiger partial charge in [-0.2, -0.15) is 4.68 Å². The summed E-state index contributed by atoms with van der Waals surface area (Å²) in [7, 11) is 3.18.